The van der Waals surface area contributed by atoms with E-state index in [-0.39, 0.29) is 5.56 Å². The van der Waals surface area contributed by atoms with Crippen molar-refractivity contribution in [2.24, 2.45) is 4.99 Å². The molecule has 0 unspecified atom stereocenters. The summed E-state index contributed by atoms with van der Waals surface area (Å²) in [7, 11) is 0. The number of carboxylic acid groups (broad SMARTS) is 1. The van der Waals surface area contributed by atoms with Gasteiger partial charge in [-0.3, -0.25) is 4.99 Å². The molecule has 5 nitrogen and oxygen atoms in total. The van der Waals surface area contributed by atoms with E-state index in [1.807, 2.05) is 49.4 Å². The van der Waals surface area contributed by atoms with Gasteiger partial charge in [-0.2, -0.15) is 0 Å². The minimum absolute atomic E-state index is 0.270. The summed E-state index contributed by atoms with van der Waals surface area (Å²) in [6, 6.07) is 19.1. The lowest BCUT2D eigenvalue weighted by atomic mass is 9.90. The standard InChI is InChI=1S/C26H26N2O3/c1-4-27-17-11-13-21-23(15-17)31-24-16-18(28(5-2)6-3)12-14-22(24)25(21)19-9-7-8-10-20(19)26(29)30/h7-16H,4-6H2,1-3H3,(H,29,30)/b27-17-. The lowest BCUT2D eigenvalue weighted by Crippen LogP contribution is -2.21. The fourth-order valence-corrected chi connectivity index (χ4v) is 4.11. The molecule has 1 aliphatic carbocycles. The van der Waals surface area contributed by atoms with E-state index >= 15 is 0 Å². The molecule has 0 atom stereocenters. The molecule has 0 aromatic heterocycles. The number of carbonyl (C=O) groups is 1. The van der Waals surface area contributed by atoms with Gasteiger partial charge in [-0.1, -0.05) is 18.2 Å². The van der Waals surface area contributed by atoms with Gasteiger partial charge >= 0.3 is 5.97 Å². The van der Waals surface area contributed by atoms with Gasteiger partial charge in [-0.15, -0.1) is 0 Å². The van der Waals surface area contributed by atoms with Crippen LogP contribution in [-0.2, 0) is 0 Å². The third-order valence-electron chi connectivity index (χ3n) is 5.59. The number of nitrogens with zero attached hydrogens (tertiary/aromatic N) is 2. The third-order valence-corrected chi connectivity index (χ3v) is 5.59. The normalized spacial score (nSPS) is 11.9. The molecule has 2 aromatic rings. The number of benzene rings is 3. The van der Waals surface area contributed by atoms with Crippen LogP contribution in [-0.4, -0.2) is 30.7 Å². The van der Waals surface area contributed by atoms with E-state index < -0.39 is 5.97 Å². The van der Waals surface area contributed by atoms with Crippen LogP contribution >= 0.6 is 0 Å². The zero-order valence-electron chi connectivity index (χ0n) is 18.1. The Bertz CT molecular complexity index is 1290. The fraction of sp³-hybridized carbons (Fsp3) is 0.231. The molecule has 2 aliphatic rings. The van der Waals surface area contributed by atoms with Gasteiger partial charge in [0.2, 0.25) is 0 Å². The Morgan fingerprint density at radius 1 is 0.968 bits per heavy atom. The second-order valence-corrected chi connectivity index (χ2v) is 7.34. The number of anilines is 1. The molecular formula is C26H26N2O3. The number of fused-ring (bicyclic) bond motifs is 2. The first-order valence-electron chi connectivity index (χ1n) is 10.7. The maximum Gasteiger partial charge on any atom is 0.336 e. The van der Waals surface area contributed by atoms with Crippen molar-refractivity contribution < 1.29 is 14.3 Å². The van der Waals surface area contributed by atoms with Crippen molar-refractivity contribution >= 4 is 22.6 Å². The second-order valence-electron chi connectivity index (χ2n) is 7.34. The van der Waals surface area contributed by atoms with Crippen LogP contribution in [0.1, 0.15) is 31.1 Å². The molecule has 0 bridgehead atoms. The molecule has 4 rings (SSSR count). The monoisotopic (exact) mass is 414 g/mol. The Morgan fingerprint density at radius 3 is 2.45 bits per heavy atom. The zero-order chi connectivity index (χ0) is 22.0. The van der Waals surface area contributed by atoms with E-state index in [1.54, 1.807) is 12.1 Å². The molecule has 158 valence electrons. The fourth-order valence-electron chi connectivity index (χ4n) is 4.11. The number of aromatic carboxylic acids is 1. The van der Waals surface area contributed by atoms with Gasteiger partial charge < -0.3 is 14.4 Å². The van der Waals surface area contributed by atoms with Gasteiger partial charge in [0, 0.05) is 54.0 Å². The first-order valence-corrected chi connectivity index (χ1v) is 10.7. The number of rotatable bonds is 6. The van der Waals surface area contributed by atoms with Crippen LogP contribution in [0.25, 0.3) is 33.4 Å². The van der Waals surface area contributed by atoms with Gasteiger partial charge in [0.15, 0.2) is 0 Å². The Hall–Kier alpha value is -3.60. The smallest absolute Gasteiger partial charge is 0.336 e. The highest BCUT2D eigenvalue weighted by Gasteiger charge is 2.21. The highest BCUT2D eigenvalue weighted by molar-refractivity contribution is 6.07. The van der Waals surface area contributed by atoms with E-state index in [0.717, 1.165) is 46.2 Å². The van der Waals surface area contributed by atoms with Crippen molar-refractivity contribution in [3.05, 3.63) is 71.6 Å². The van der Waals surface area contributed by atoms with Gasteiger partial charge in [0.05, 0.1) is 10.9 Å². The van der Waals surface area contributed by atoms with E-state index in [2.05, 4.69) is 29.8 Å². The highest BCUT2D eigenvalue weighted by atomic mass is 16.4. The Kier molecular flexibility index (Phi) is 5.76. The second kappa shape index (κ2) is 8.64. The van der Waals surface area contributed by atoms with E-state index in [1.165, 1.54) is 0 Å². The van der Waals surface area contributed by atoms with Crippen molar-refractivity contribution in [1.29, 1.82) is 0 Å². The predicted molar refractivity (Wildman–Crippen MR) is 125 cm³/mol. The minimum Gasteiger partial charge on any atom is -0.478 e. The van der Waals surface area contributed by atoms with Crippen LogP contribution in [0.3, 0.4) is 0 Å². The van der Waals surface area contributed by atoms with Crippen molar-refractivity contribution in [1.82, 2.24) is 0 Å². The van der Waals surface area contributed by atoms with Crippen molar-refractivity contribution in [2.75, 3.05) is 24.5 Å². The topological polar surface area (TPSA) is 66.0 Å². The molecule has 0 saturated heterocycles. The van der Waals surface area contributed by atoms with Crippen LogP contribution in [0.15, 0.2) is 70.1 Å². The van der Waals surface area contributed by atoms with Gasteiger partial charge in [-0.25, -0.2) is 4.79 Å². The van der Waals surface area contributed by atoms with Crippen molar-refractivity contribution in [2.45, 2.75) is 20.8 Å². The summed E-state index contributed by atoms with van der Waals surface area (Å²) in [4.78, 5) is 18.7. The molecule has 0 fully saturated rings. The van der Waals surface area contributed by atoms with Crippen LogP contribution in [0, 0.1) is 0 Å². The maximum absolute atomic E-state index is 12.0. The average molecular weight is 415 g/mol. The number of carboxylic acids is 1. The molecule has 0 radical (unpaired) electrons. The molecule has 0 saturated carbocycles. The first-order chi connectivity index (χ1) is 15.1. The molecule has 5 heteroatoms. The summed E-state index contributed by atoms with van der Waals surface area (Å²) in [5.74, 6) is -0.260. The molecule has 2 aromatic carbocycles. The summed E-state index contributed by atoms with van der Waals surface area (Å²) in [6.45, 7) is 8.71. The average Bonchev–Trinajstić information content (AvgIpc) is 2.78. The lowest BCUT2D eigenvalue weighted by molar-refractivity contribution is 0.0697. The maximum atomic E-state index is 12.0. The number of hydrogen-bond acceptors (Lipinski definition) is 4. The predicted octanol–water partition coefficient (Wildman–Crippen LogP) is 5.67. The molecule has 0 amide bonds. The Balaban J connectivity index is 2.11. The van der Waals surface area contributed by atoms with Crippen molar-refractivity contribution in [3.63, 3.8) is 0 Å². The molecular weight excluding hydrogens is 388 g/mol. The third kappa shape index (κ3) is 3.79. The largest absolute Gasteiger partial charge is 0.478 e. The van der Waals surface area contributed by atoms with Gasteiger partial charge in [-0.05, 0) is 56.7 Å². The quantitative estimate of drug-likeness (QED) is 0.413. The summed E-state index contributed by atoms with van der Waals surface area (Å²) < 4.78 is 6.34. The molecule has 31 heavy (non-hydrogen) atoms. The van der Waals surface area contributed by atoms with Crippen molar-refractivity contribution in [3.8, 4) is 22.5 Å². The van der Waals surface area contributed by atoms with Crippen LogP contribution in [0.2, 0.25) is 0 Å². The minimum atomic E-state index is -0.949. The summed E-state index contributed by atoms with van der Waals surface area (Å²) >= 11 is 0. The summed E-state index contributed by atoms with van der Waals surface area (Å²) in [6.07, 6.45) is 0. The first kappa shape index (κ1) is 20.7. The van der Waals surface area contributed by atoms with Gasteiger partial charge in [0.25, 0.3) is 0 Å². The van der Waals surface area contributed by atoms with E-state index in [4.69, 9.17) is 4.42 Å². The SMILES string of the molecule is CC/N=c1/ccc2c(-c3ccccc3C(=O)O)c3ccc(N(CC)CC)cc3oc-2c1. The van der Waals surface area contributed by atoms with Crippen LogP contribution < -0.4 is 10.3 Å². The van der Waals surface area contributed by atoms with E-state index in [9.17, 15) is 9.90 Å². The summed E-state index contributed by atoms with van der Waals surface area (Å²) in [5, 5.41) is 11.6. The van der Waals surface area contributed by atoms with Crippen LogP contribution in [0.4, 0.5) is 5.69 Å². The molecule has 1 heterocycles. The highest BCUT2D eigenvalue weighted by Crippen LogP contribution is 2.42. The molecule has 0 spiro atoms. The zero-order valence-corrected chi connectivity index (χ0v) is 18.1. The molecule has 1 aliphatic heterocycles. The molecule has 1 N–H and O–H groups in total. The van der Waals surface area contributed by atoms with Gasteiger partial charge in [0.1, 0.15) is 11.3 Å². The van der Waals surface area contributed by atoms with E-state index in [0.29, 0.717) is 17.9 Å². The Labute approximate surface area is 181 Å². The summed E-state index contributed by atoms with van der Waals surface area (Å²) in [5.41, 5.74) is 4.48. The lowest BCUT2D eigenvalue weighted by Gasteiger charge is -2.22. The number of hydrogen-bond donors (Lipinski definition) is 1. The Morgan fingerprint density at radius 2 is 1.74 bits per heavy atom. The van der Waals surface area contributed by atoms with Crippen LogP contribution in [0.5, 0.6) is 0 Å².